The second-order valence-electron chi connectivity index (χ2n) is 9.04. The molecule has 180 valence electrons. The minimum atomic E-state index is -0.638. The Labute approximate surface area is 204 Å². The summed E-state index contributed by atoms with van der Waals surface area (Å²) in [6.45, 7) is 0.317. The van der Waals surface area contributed by atoms with Crippen LogP contribution in [0.5, 0.6) is 0 Å². The first-order valence-electron chi connectivity index (χ1n) is 12.0. The highest BCUT2D eigenvalue weighted by Crippen LogP contribution is 2.41. The number of ether oxygens (including phenoxy) is 1. The van der Waals surface area contributed by atoms with Crippen molar-refractivity contribution < 1.29 is 19.1 Å². The number of hydrogen-bond donors (Lipinski definition) is 2. The van der Waals surface area contributed by atoms with Gasteiger partial charge in [0.2, 0.25) is 11.8 Å². The molecular weight excluding hydrogens is 442 g/mol. The molecule has 1 aliphatic carbocycles. The molecule has 3 atom stereocenters. The largest absolute Gasteiger partial charge is 0.445 e. The molecular formula is C28H28N3O4-. The SMILES string of the molecule is O=C(NCC(=O)N1CC(C(=O)Nc2cccc3ccccc23)C2[CH-]CCC21)OCc1ccccc1. The van der Waals surface area contributed by atoms with Crippen LogP contribution in [0.15, 0.2) is 72.8 Å². The fraction of sp³-hybridized carbons (Fsp3) is 0.286. The van der Waals surface area contributed by atoms with E-state index in [0.717, 1.165) is 34.9 Å². The van der Waals surface area contributed by atoms with Crippen LogP contribution in [0.3, 0.4) is 0 Å². The predicted octanol–water partition coefficient (Wildman–Crippen LogP) is 4.15. The quantitative estimate of drug-likeness (QED) is 0.530. The van der Waals surface area contributed by atoms with Gasteiger partial charge in [0, 0.05) is 29.6 Å². The maximum atomic E-state index is 13.3. The van der Waals surface area contributed by atoms with Gasteiger partial charge in [-0.1, -0.05) is 73.2 Å². The molecule has 0 aromatic heterocycles. The molecule has 7 heteroatoms. The van der Waals surface area contributed by atoms with Crippen molar-refractivity contribution in [2.24, 2.45) is 11.8 Å². The fourth-order valence-corrected chi connectivity index (χ4v) is 5.20. The first-order chi connectivity index (χ1) is 17.1. The lowest BCUT2D eigenvalue weighted by Gasteiger charge is -2.26. The molecule has 3 amide bonds. The van der Waals surface area contributed by atoms with Crippen molar-refractivity contribution in [3.63, 3.8) is 0 Å². The molecule has 2 fully saturated rings. The van der Waals surface area contributed by atoms with Gasteiger partial charge in [-0.15, -0.1) is 5.92 Å². The summed E-state index contributed by atoms with van der Waals surface area (Å²) in [5, 5.41) is 7.69. The minimum absolute atomic E-state index is 0.0129. The van der Waals surface area contributed by atoms with Gasteiger partial charge in [0.25, 0.3) is 0 Å². The number of rotatable bonds is 6. The number of carbonyl (C=O) groups excluding carboxylic acids is 3. The van der Waals surface area contributed by atoms with Crippen molar-refractivity contribution in [2.45, 2.75) is 25.5 Å². The molecule has 3 aromatic rings. The van der Waals surface area contributed by atoms with Crippen LogP contribution in [0.2, 0.25) is 0 Å². The summed E-state index contributed by atoms with van der Waals surface area (Å²) in [6, 6.07) is 23.1. The molecule has 0 bridgehead atoms. The van der Waals surface area contributed by atoms with Gasteiger partial charge in [0.05, 0.1) is 0 Å². The molecule has 2 aliphatic rings. The highest BCUT2D eigenvalue weighted by atomic mass is 16.5. The van der Waals surface area contributed by atoms with E-state index in [0.29, 0.717) is 6.54 Å². The maximum absolute atomic E-state index is 13.3. The Bertz CT molecular complexity index is 1220. The van der Waals surface area contributed by atoms with E-state index >= 15 is 0 Å². The van der Waals surface area contributed by atoms with E-state index < -0.39 is 6.09 Å². The first kappa shape index (κ1) is 22.9. The van der Waals surface area contributed by atoms with Crippen molar-refractivity contribution in [3.05, 3.63) is 84.8 Å². The van der Waals surface area contributed by atoms with Crippen LogP contribution in [0.25, 0.3) is 10.8 Å². The van der Waals surface area contributed by atoms with E-state index in [1.807, 2.05) is 72.8 Å². The summed E-state index contributed by atoms with van der Waals surface area (Å²) < 4.78 is 5.20. The van der Waals surface area contributed by atoms with Crippen LogP contribution >= 0.6 is 0 Å². The average molecular weight is 471 g/mol. The number of anilines is 1. The van der Waals surface area contributed by atoms with E-state index in [9.17, 15) is 14.4 Å². The zero-order valence-electron chi connectivity index (χ0n) is 19.4. The van der Waals surface area contributed by atoms with E-state index in [4.69, 9.17) is 4.74 Å². The van der Waals surface area contributed by atoms with Crippen molar-refractivity contribution in [3.8, 4) is 0 Å². The number of carbonyl (C=O) groups is 3. The van der Waals surface area contributed by atoms with Gasteiger partial charge in [-0.3, -0.25) is 9.59 Å². The maximum Gasteiger partial charge on any atom is 0.407 e. The van der Waals surface area contributed by atoms with Crippen LogP contribution in [0, 0.1) is 18.3 Å². The number of likely N-dealkylation sites (tertiary alicyclic amines) is 1. The van der Waals surface area contributed by atoms with Gasteiger partial charge in [0.1, 0.15) is 13.2 Å². The Kier molecular flexibility index (Phi) is 6.66. The lowest BCUT2D eigenvalue weighted by Crippen LogP contribution is -2.43. The molecule has 1 saturated heterocycles. The molecule has 2 N–H and O–H groups in total. The van der Waals surface area contributed by atoms with Crippen LogP contribution < -0.4 is 10.6 Å². The monoisotopic (exact) mass is 470 g/mol. The minimum Gasteiger partial charge on any atom is -0.445 e. The lowest BCUT2D eigenvalue weighted by atomic mass is 9.91. The van der Waals surface area contributed by atoms with Crippen LogP contribution in [-0.4, -0.2) is 41.9 Å². The number of nitrogens with one attached hydrogen (secondary N) is 2. The number of hydrogen-bond acceptors (Lipinski definition) is 4. The zero-order valence-corrected chi connectivity index (χ0v) is 19.4. The van der Waals surface area contributed by atoms with Crippen molar-refractivity contribution in [2.75, 3.05) is 18.4 Å². The molecule has 35 heavy (non-hydrogen) atoms. The summed E-state index contributed by atoms with van der Waals surface area (Å²) >= 11 is 0. The second kappa shape index (κ2) is 10.2. The third kappa shape index (κ3) is 4.99. The molecule has 1 heterocycles. The zero-order chi connectivity index (χ0) is 24.2. The Balaban J connectivity index is 1.19. The van der Waals surface area contributed by atoms with Gasteiger partial charge in [-0.25, -0.2) is 4.79 Å². The molecule has 3 aromatic carbocycles. The Morgan fingerprint density at radius 3 is 2.60 bits per heavy atom. The van der Waals surface area contributed by atoms with Crippen molar-refractivity contribution in [1.29, 1.82) is 0 Å². The summed E-state index contributed by atoms with van der Waals surface area (Å²) in [5.41, 5.74) is 1.65. The Morgan fingerprint density at radius 1 is 0.971 bits per heavy atom. The van der Waals surface area contributed by atoms with Crippen LogP contribution in [0.1, 0.15) is 18.4 Å². The molecule has 0 radical (unpaired) electrons. The highest BCUT2D eigenvalue weighted by Gasteiger charge is 2.43. The molecule has 7 nitrogen and oxygen atoms in total. The van der Waals surface area contributed by atoms with Crippen LogP contribution in [0.4, 0.5) is 10.5 Å². The second-order valence-corrected chi connectivity index (χ2v) is 9.04. The fourth-order valence-electron chi connectivity index (χ4n) is 5.20. The van der Waals surface area contributed by atoms with Gasteiger partial charge in [-0.2, -0.15) is 6.42 Å². The lowest BCUT2D eigenvalue weighted by molar-refractivity contribution is -0.131. The van der Waals surface area contributed by atoms with Crippen molar-refractivity contribution >= 4 is 34.4 Å². The van der Waals surface area contributed by atoms with Gasteiger partial charge >= 0.3 is 6.09 Å². The van der Waals surface area contributed by atoms with Gasteiger partial charge < -0.3 is 26.7 Å². The Hall–Kier alpha value is -3.87. The molecule has 1 aliphatic heterocycles. The predicted molar refractivity (Wildman–Crippen MR) is 133 cm³/mol. The topological polar surface area (TPSA) is 87.7 Å². The summed E-state index contributed by atoms with van der Waals surface area (Å²) in [6.07, 6.45) is 3.21. The van der Waals surface area contributed by atoms with Crippen LogP contribution in [-0.2, 0) is 20.9 Å². The first-order valence-corrected chi connectivity index (χ1v) is 12.0. The summed E-state index contributed by atoms with van der Waals surface area (Å²) in [4.78, 5) is 40.1. The summed E-state index contributed by atoms with van der Waals surface area (Å²) in [7, 11) is 0. The highest BCUT2D eigenvalue weighted by molar-refractivity contribution is 6.03. The molecule has 3 unspecified atom stereocenters. The van der Waals surface area contributed by atoms with Gasteiger partial charge in [-0.05, 0) is 17.0 Å². The smallest absolute Gasteiger partial charge is 0.407 e. The van der Waals surface area contributed by atoms with Crippen molar-refractivity contribution in [1.82, 2.24) is 10.2 Å². The average Bonchev–Trinajstić information content (AvgIpc) is 3.50. The summed E-state index contributed by atoms with van der Waals surface area (Å²) in [5.74, 6) is -0.595. The van der Waals surface area contributed by atoms with E-state index in [-0.39, 0.29) is 42.8 Å². The normalized spacial score (nSPS) is 20.9. The third-order valence-corrected chi connectivity index (χ3v) is 6.91. The Morgan fingerprint density at radius 2 is 1.74 bits per heavy atom. The molecule has 1 saturated carbocycles. The number of alkyl carbamates (subject to hydrolysis) is 1. The number of benzene rings is 3. The number of amides is 3. The van der Waals surface area contributed by atoms with Gasteiger partial charge in [0.15, 0.2) is 0 Å². The number of fused-ring (bicyclic) bond motifs is 2. The van der Waals surface area contributed by atoms with E-state index in [1.54, 1.807) is 4.90 Å². The third-order valence-electron chi connectivity index (χ3n) is 6.91. The molecule has 0 spiro atoms. The number of nitrogens with zero attached hydrogens (tertiary/aromatic N) is 1. The van der Waals surface area contributed by atoms with E-state index in [1.165, 1.54) is 0 Å². The molecule has 5 rings (SSSR count). The van der Waals surface area contributed by atoms with E-state index in [2.05, 4.69) is 17.1 Å². The standard InChI is InChI=1S/C28H28N3O4/c32-26(16-29-28(34)35-18-19-8-2-1-3-9-19)31-17-23(22-13-7-15-25(22)31)27(33)30-24-14-6-11-20-10-4-5-12-21(20)24/h1-6,8-14,22-23,25H,7,15-18H2,(H,29,34)(H,30,33)/q-1.